The fourth-order valence-corrected chi connectivity index (χ4v) is 6.11. The van der Waals surface area contributed by atoms with Crippen LogP contribution in [-0.2, 0) is 0 Å². The molecule has 3 aliphatic carbocycles. The molecule has 3 fully saturated rings. The molecule has 3 heteroatoms. The number of hydrogen-bond donors (Lipinski definition) is 0. The van der Waals surface area contributed by atoms with Crippen LogP contribution in [0.15, 0.2) is 22.7 Å². The highest BCUT2D eigenvalue weighted by atomic mass is 79.9. The molecule has 0 radical (unpaired) electrons. The number of benzene rings is 1. The lowest BCUT2D eigenvalue weighted by atomic mass is 9.97. The predicted molar refractivity (Wildman–Crippen MR) is 80.6 cm³/mol. The fraction of sp³-hybridized carbons (Fsp3) is 0.625. The Hall–Kier alpha value is -0.210. The van der Waals surface area contributed by atoms with Crippen molar-refractivity contribution in [3.05, 3.63) is 28.2 Å². The Labute approximate surface area is 127 Å². The molecule has 102 valence electrons. The zero-order valence-corrected chi connectivity index (χ0v) is 13.3. The van der Waals surface area contributed by atoms with Gasteiger partial charge in [-0.25, -0.2) is 0 Å². The Bertz CT molecular complexity index is 501. The van der Waals surface area contributed by atoms with Crippen molar-refractivity contribution in [2.24, 2.45) is 29.6 Å². The number of methoxy groups -OCH3 is 1. The molecule has 0 spiro atoms. The summed E-state index contributed by atoms with van der Waals surface area (Å²) in [6.07, 6.45) is 4.39. The Morgan fingerprint density at radius 3 is 2.53 bits per heavy atom. The molecule has 0 N–H and O–H groups in total. The first kappa shape index (κ1) is 12.5. The molecule has 3 saturated carbocycles. The first-order chi connectivity index (χ1) is 9.20. The van der Waals surface area contributed by atoms with Crippen molar-refractivity contribution >= 4 is 27.5 Å². The second kappa shape index (κ2) is 4.39. The van der Waals surface area contributed by atoms with E-state index in [1.807, 2.05) is 12.1 Å². The first-order valence-electron chi connectivity index (χ1n) is 7.18. The highest BCUT2D eigenvalue weighted by molar-refractivity contribution is 9.10. The summed E-state index contributed by atoms with van der Waals surface area (Å²) in [4.78, 5) is 0. The molecule has 2 bridgehead atoms. The van der Waals surface area contributed by atoms with Gasteiger partial charge in [0.2, 0.25) is 0 Å². The zero-order chi connectivity index (χ0) is 13.1. The molecule has 0 amide bonds. The smallest absolute Gasteiger partial charge is 0.120 e. The van der Waals surface area contributed by atoms with Gasteiger partial charge in [0.25, 0.3) is 0 Å². The van der Waals surface area contributed by atoms with E-state index in [0.29, 0.717) is 0 Å². The van der Waals surface area contributed by atoms with Crippen LogP contribution >= 0.6 is 27.5 Å². The van der Waals surface area contributed by atoms with Crippen molar-refractivity contribution in [2.75, 3.05) is 7.11 Å². The lowest BCUT2D eigenvalue weighted by molar-refractivity contribution is 0.414. The number of alkyl halides is 1. The molecule has 5 atom stereocenters. The van der Waals surface area contributed by atoms with E-state index >= 15 is 0 Å². The number of hydrogen-bond acceptors (Lipinski definition) is 1. The van der Waals surface area contributed by atoms with Gasteiger partial charge in [-0.15, -0.1) is 11.6 Å². The topological polar surface area (TPSA) is 9.23 Å². The summed E-state index contributed by atoms with van der Waals surface area (Å²) in [7, 11) is 1.70. The Kier molecular flexibility index (Phi) is 2.90. The molecule has 1 nitrogen and oxygen atoms in total. The standard InChI is InChI=1S/C16H18BrClO/c1-19-10-4-5-11(12(17)7-10)16(18)15-13-8-2-3-9(6-8)14(13)15/h4-5,7-9,13-16H,2-3,6H2,1H3. The summed E-state index contributed by atoms with van der Waals surface area (Å²) < 4.78 is 6.34. The second-order valence-corrected chi connectivity index (χ2v) is 7.68. The quantitative estimate of drug-likeness (QED) is 0.701. The largest absolute Gasteiger partial charge is 0.497 e. The number of fused-ring (bicyclic) bond motifs is 5. The number of ether oxygens (including phenoxy) is 1. The van der Waals surface area contributed by atoms with Gasteiger partial charge in [0.1, 0.15) is 5.75 Å². The van der Waals surface area contributed by atoms with Crippen LogP contribution in [0, 0.1) is 29.6 Å². The van der Waals surface area contributed by atoms with Crippen LogP contribution in [0.3, 0.4) is 0 Å². The predicted octanol–water partition coefficient (Wildman–Crippen LogP) is 5.03. The van der Waals surface area contributed by atoms with Crippen LogP contribution in [-0.4, -0.2) is 7.11 Å². The van der Waals surface area contributed by atoms with Crippen LogP contribution in [0.2, 0.25) is 0 Å². The van der Waals surface area contributed by atoms with Gasteiger partial charge in [0, 0.05) is 4.47 Å². The normalized spacial score (nSPS) is 40.1. The Morgan fingerprint density at radius 1 is 1.26 bits per heavy atom. The Balaban J connectivity index is 1.57. The van der Waals surface area contributed by atoms with Crippen molar-refractivity contribution in [1.82, 2.24) is 0 Å². The van der Waals surface area contributed by atoms with Gasteiger partial charge in [-0.3, -0.25) is 0 Å². The van der Waals surface area contributed by atoms with E-state index in [0.717, 1.165) is 39.8 Å². The number of rotatable bonds is 3. The molecule has 0 saturated heterocycles. The zero-order valence-electron chi connectivity index (χ0n) is 11.0. The van der Waals surface area contributed by atoms with Gasteiger partial charge in [0.15, 0.2) is 0 Å². The third kappa shape index (κ3) is 1.79. The van der Waals surface area contributed by atoms with E-state index in [2.05, 4.69) is 22.0 Å². The van der Waals surface area contributed by atoms with Crippen molar-refractivity contribution in [1.29, 1.82) is 0 Å². The molecular formula is C16H18BrClO. The molecule has 0 aromatic heterocycles. The number of halogens is 2. The average molecular weight is 342 g/mol. The maximum Gasteiger partial charge on any atom is 0.120 e. The molecule has 0 heterocycles. The van der Waals surface area contributed by atoms with Crippen molar-refractivity contribution in [3.8, 4) is 5.75 Å². The van der Waals surface area contributed by atoms with Crippen LogP contribution in [0.1, 0.15) is 30.2 Å². The SMILES string of the molecule is COc1ccc(C(Cl)C2C3C4CCC(C4)C32)c(Br)c1. The molecule has 4 rings (SSSR count). The van der Waals surface area contributed by atoms with Crippen LogP contribution < -0.4 is 4.74 Å². The van der Waals surface area contributed by atoms with E-state index in [1.54, 1.807) is 7.11 Å². The first-order valence-corrected chi connectivity index (χ1v) is 8.41. The van der Waals surface area contributed by atoms with E-state index in [4.69, 9.17) is 16.3 Å². The molecule has 19 heavy (non-hydrogen) atoms. The lowest BCUT2D eigenvalue weighted by Gasteiger charge is -2.16. The summed E-state index contributed by atoms with van der Waals surface area (Å²) in [5, 5.41) is 0.165. The maximum absolute atomic E-state index is 6.79. The van der Waals surface area contributed by atoms with Gasteiger partial charge >= 0.3 is 0 Å². The van der Waals surface area contributed by atoms with Gasteiger partial charge < -0.3 is 4.74 Å². The van der Waals surface area contributed by atoms with Crippen molar-refractivity contribution < 1.29 is 4.74 Å². The third-order valence-corrected chi connectivity index (χ3v) is 6.85. The molecular weight excluding hydrogens is 324 g/mol. The summed E-state index contributed by atoms with van der Waals surface area (Å²) in [6, 6.07) is 6.16. The molecule has 1 aromatic carbocycles. The van der Waals surface area contributed by atoms with Gasteiger partial charge in [0.05, 0.1) is 12.5 Å². The van der Waals surface area contributed by atoms with E-state index in [9.17, 15) is 0 Å². The molecule has 0 aliphatic heterocycles. The van der Waals surface area contributed by atoms with Crippen LogP contribution in [0.5, 0.6) is 5.75 Å². The van der Waals surface area contributed by atoms with Crippen molar-refractivity contribution in [2.45, 2.75) is 24.6 Å². The summed E-state index contributed by atoms with van der Waals surface area (Å²) in [5.41, 5.74) is 1.24. The monoisotopic (exact) mass is 340 g/mol. The van der Waals surface area contributed by atoms with E-state index < -0.39 is 0 Å². The second-order valence-electron chi connectivity index (χ2n) is 6.35. The van der Waals surface area contributed by atoms with Crippen LogP contribution in [0.4, 0.5) is 0 Å². The van der Waals surface area contributed by atoms with E-state index in [-0.39, 0.29) is 5.38 Å². The highest BCUT2D eigenvalue weighted by Gasteiger charge is 2.66. The lowest BCUT2D eigenvalue weighted by Crippen LogP contribution is -2.05. The highest BCUT2D eigenvalue weighted by Crippen LogP contribution is 2.73. The summed E-state index contributed by atoms with van der Waals surface area (Å²) in [6.45, 7) is 0. The van der Waals surface area contributed by atoms with E-state index in [1.165, 1.54) is 24.8 Å². The maximum atomic E-state index is 6.79. The summed E-state index contributed by atoms with van der Waals surface area (Å²) >= 11 is 10.4. The van der Waals surface area contributed by atoms with Crippen LogP contribution in [0.25, 0.3) is 0 Å². The minimum atomic E-state index is 0.165. The third-order valence-electron chi connectivity index (χ3n) is 5.64. The molecule has 1 aromatic rings. The minimum Gasteiger partial charge on any atom is -0.497 e. The summed E-state index contributed by atoms with van der Waals surface area (Å²) in [5.74, 6) is 5.43. The molecule has 3 aliphatic rings. The minimum absolute atomic E-state index is 0.165. The van der Waals surface area contributed by atoms with Gasteiger partial charge in [-0.05, 0) is 66.5 Å². The van der Waals surface area contributed by atoms with Gasteiger partial charge in [-0.2, -0.15) is 0 Å². The Morgan fingerprint density at radius 2 is 1.95 bits per heavy atom. The fourth-order valence-electron chi connectivity index (χ4n) is 4.85. The van der Waals surface area contributed by atoms with Gasteiger partial charge in [-0.1, -0.05) is 22.0 Å². The molecule has 5 unspecified atom stereocenters. The van der Waals surface area contributed by atoms with Crippen molar-refractivity contribution in [3.63, 3.8) is 0 Å². The average Bonchev–Trinajstić information content (AvgIpc) is 2.86.